The van der Waals surface area contributed by atoms with Crippen LogP contribution < -0.4 is 5.32 Å². The second-order valence-corrected chi connectivity index (χ2v) is 6.67. The van der Waals surface area contributed by atoms with Crippen LogP contribution in [0.2, 0.25) is 0 Å². The van der Waals surface area contributed by atoms with Crippen molar-refractivity contribution in [1.82, 2.24) is 10.2 Å². The van der Waals surface area contributed by atoms with Gasteiger partial charge in [-0.25, -0.2) is 4.79 Å². The molecular weight excluding hydrogens is 278 g/mol. The second kappa shape index (κ2) is 8.38. The number of nitrogens with one attached hydrogen (secondary N) is 1. The van der Waals surface area contributed by atoms with Crippen LogP contribution in [-0.4, -0.2) is 42.8 Å². The number of carbonyl (C=O) groups excluding carboxylic acids is 1. The van der Waals surface area contributed by atoms with Gasteiger partial charge in [-0.2, -0.15) is 5.26 Å². The number of amides is 1. The van der Waals surface area contributed by atoms with Crippen molar-refractivity contribution in [3.8, 4) is 6.07 Å². The smallest absolute Gasteiger partial charge is 0.409 e. The van der Waals surface area contributed by atoms with E-state index < -0.39 is 0 Å². The maximum atomic E-state index is 11.7. The molecule has 1 aliphatic heterocycles. The highest BCUT2D eigenvalue weighted by atomic mass is 16.6. The average molecular weight is 307 g/mol. The summed E-state index contributed by atoms with van der Waals surface area (Å²) in [7, 11) is 0. The molecule has 0 bridgehead atoms. The highest BCUT2D eigenvalue weighted by molar-refractivity contribution is 5.67. The zero-order valence-corrected chi connectivity index (χ0v) is 13.9. The van der Waals surface area contributed by atoms with Gasteiger partial charge in [0.15, 0.2) is 0 Å². The summed E-state index contributed by atoms with van der Waals surface area (Å²) >= 11 is 0. The SMILES string of the molecule is CCOC(=O)N1CCC([C@H](C)N[C@H]2CCC[C@H](C#N)C2)CC1. The summed E-state index contributed by atoms with van der Waals surface area (Å²) in [5.74, 6) is 0.831. The minimum Gasteiger partial charge on any atom is -0.450 e. The summed E-state index contributed by atoms with van der Waals surface area (Å²) in [5, 5.41) is 12.8. The Morgan fingerprint density at radius 2 is 2.09 bits per heavy atom. The number of piperidine rings is 1. The molecule has 1 heterocycles. The van der Waals surface area contributed by atoms with Gasteiger partial charge in [0, 0.05) is 31.1 Å². The van der Waals surface area contributed by atoms with Gasteiger partial charge in [0.25, 0.3) is 0 Å². The molecule has 0 spiro atoms. The molecule has 1 saturated carbocycles. The second-order valence-electron chi connectivity index (χ2n) is 6.67. The van der Waals surface area contributed by atoms with E-state index in [0.29, 0.717) is 24.6 Å². The molecule has 2 fully saturated rings. The fourth-order valence-electron chi connectivity index (χ4n) is 3.76. The molecule has 124 valence electrons. The van der Waals surface area contributed by atoms with Crippen LogP contribution >= 0.6 is 0 Å². The molecule has 3 atom stereocenters. The first kappa shape index (κ1) is 17.1. The minimum absolute atomic E-state index is 0.175. The molecule has 1 N–H and O–H groups in total. The number of ether oxygens (including phenoxy) is 1. The first-order chi connectivity index (χ1) is 10.6. The van der Waals surface area contributed by atoms with Crippen molar-refractivity contribution in [2.45, 2.75) is 64.5 Å². The highest BCUT2D eigenvalue weighted by Crippen LogP contribution is 2.26. The van der Waals surface area contributed by atoms with Crippen LogP contribution in [0.15, 0.2) is 0 Å². The molecule has 22 heavy (non-hydrogen) atoms. The Morgan fingerprint density at radius 3 is 2.73 bits per heavy atom. The fourth-order valence-corrected chi connectivity index (χ4v) is 3.76. The summed E-state index contributed by atoms with van der Waals surface area (Å²) in [5.41, 5.74) is 0. The van der Waals surface area contributed by atoms with Gasteiger partial charge in [-0.05, 0) is 51.9 Å². The topological polar surface area (TPSA) is 65.4 Å². The van der Waals surface area contributed by atoms with Gasteiger partial charge in [0.2, 0.25) is 0 Å². The Bertz CT molecular complexity index is 399. The predicted molar refractivity (Wildman–Crippen MR) is 85.3 cm³/mol. The molecule has 0 aromatic heterocycles. The summed E-state index contributed by atoms with van der Waals surface area (Å²) in [4.78, 5) is 13.5. The van der Waals surface area contributed by atoms with Crippen LogP contribution in [0.25, 0.3) is 0 Å². The van der Waals surface area contributed by atoms with E-state index in [-0.39, 0.29) is 12.0 Å². The van der Waals surface area contributed by atoms with Crippen LogP contribution in [0.3, 0.4) is 0 Å². The molecule has 5 nitrogen and oxygen atoms in total. The lowest BCUT2D eigenvalue weighted by molar-refractivity contribution is 0.0865. The number of rotatable bonds is 4. The number of hydrogen-bond acceptors (Lipinski definition) is 4. The molecule has 0 unspecified atom stereocenters. The Labute approximate surface area is 134 Å². The largest absolute Gasteiger partial charge is 0.450 e. The van der Waals surface area contributed by atoms with Crippen molar-refractivity contribution in [2.24, 2.45) is 11.8 Å². The zero-order chi connectivity index (χ0) is 15.9. The van der Waals surface area contributed by atoms with Crippen molar-refractivity contribution >= 4 is 6.09 Å². The monoisotopic (exact) mass is 307 g/mol. The maximum Gasteiger partial charge on any atom is 0.409 e. The lowest BCUT2D eigenvalue weighted by Gasteiger charge is -2.37. The van der Waals surface area contributed by atoms with Gasteiger partial charge >= 0.3 is 6.09 Å². The number of hydrogen-bond donors (Lipinski definition) is 1. The molecule has 2 aliphatic rings. The fraction of sp³-hybridized carbons (Fsp3) is 0.882. The van der Waals surface area contributed by atoms with Gasteiger partial charge in [0.05, 0.1) is 12.7 Å². The normalized spacial score (nSPS) is 28.0. The Hall–Kier alpha value is -1.28. The standard InChI is InChI=1S/C17H29N3O2/c1-3-22-17(21)20-9-7-15(8-10-20)13(2)19-16-6-4-5-14(11-16)12-18/h13-16,19H,3-11H2,1-2H3/t13-,14-,16-/m0/s1. The molecule has 2 rings (SSSR count). The third kappa shape index (κ3) is 4.61. The average Bonchev–Trinajstić information content (AvgIpc) is 2.55. The first-order valence-electron chi connectivity index (χ1n) is 8.71. The van der Waals surface area contributed by atoms with Crippen molar-refractivity contribution in [3.63, 3.8) is 0 Å². The summed E-state index contributed by atoms with van der Waals surface area (Å²) < 4.78 is 5.06. The van der Waals surface area contributed by atoms with Gasteiger partial charge in [-0.1, -0.05) is 6.42 Å². The number of nitriles is 1. The van der Waals surface area contributed by atoms with Gasteiger partial charge in [0.1, 0.15) is 0 Å². The number of nitrogens with zero attached hydrogens (tertiary/aromatic N) is 2. The minimum atomic E-state index is -0.175. The zero-order valence-electron chi connectivity index (χ0n) is 13.9. The van der Waals surface area contributed by atoms with E-state index in [1.807, 2.05) is 11.8 Å². The Kier molecular flexibility index (Phi) is 6.50. The summed E-state index contributed by atoms with van der Waals surface area (Å²) in [6.07, 6.45) is 6.27. The predicted octanol–water partition coefficient (Wildman–Crippen LogP) is 2.92. The van der Waals surface area contributed by atoms with Crippen LogP contribution in [-0.2, 0) is 4.74 Å². The summed E-state index contributed by atoms with van der Waals surface area (Å²) in [6, 6.07) is 3.35. The highest BCUT2D eigenvalue weighted by Gasteiger charge is 2.29. The molecule has 1 aliphatic carbocycles. The number of carbonyl (C=O) groups is 1. The van der Waals surface area contributed by atoms with Crippen molar-refractivity contribution in [2.75, 3.05) is 19.7 Å². The Morgan fingerprint density at radius 1 is 1.36 bits per heavy atom. The third-order valence-corrected chi connectivity index (χ3v) is 5.13. The molecule has 5 heteroatoms. The van der Waals surface area contributed by atoms with Gasteiger partial charge in [-0.15, -0.1) is 0 Å². The quantitative estimate of drug-likeness (QED) is 0.867. The third-order valence-electron chi connectivity index (χ3n) is 5.13. The number of likely N-dealkylation sites (tertiary alicyclic amines) is 1. The van der Waals surface area contributed by atoms with E-state index >= 15 is 0 Å². The lowest BCUT2D eigenvalue weighted by Crippen LogP contribution is -2.47. The van der Waals surface area contributed by atoms with Crippen LogP contribution in [0, 0.1) is 23.2 Å². The van der Waals surface area contributed by atoms with E-state index in [0.717, 1.165) is 45.2 Å². The molecule has 1 saturated heterocycles. The molecule has 0 aromatic carbocycles. The van der Waals surface area contributed by atoms with Crippen LogP contribution in [0.5, 0.6) is 0 Å². The van der Waals surface area contributed by atoms with E-state index in [1.165, 1.54) is 6.42 Å². The Balaban J connectivity index is 1.74. The van der Waals surface area contributed by atoms with Crippen LogP contribution in [0.1, 0.15) is 52.4 Å². The van der Waals surface area contributed by atoms with Crippen LogP contribution in [0.4, 0.5) is 4.79 Å². The molecule has 0 aromatic rings. The van der Waals surface area contributed by atoms with Crippen molar-refractivity contribution in [1.29, 1.82) is 5.26 Å². The maximum absolute atomic E-state index is 11.7. The van der Waals surface area contributed by atoms with Crippen molar-refractivity contribution < 1.29 is 9.53 Å². The molecule has 0 radical (unpaired) electrons. The van der Waals surface area contributed by atoms with Gasteiger partial charge in [-0.3, -0.25) is 0 Å². The molecular formula is C17H29N3O2. The lowest BCUT2D eigenvalue weighted by atomic mass is 9.84. The van der Waals surface area contributed by atoms with E-state index in [9.17, 15) is 4.79 Å². The van der Waals surface area contributed by atoms with E-state index in [2.05, 4.69) is 18.3 Å². The van der Waals surface area contributed by atoms with Gasteiger partial charge < -0.3 is 15.0 Å². The van der Waals surface area contributed by atoms with E-state index in [1.54, 1.807) is 0 Å². The van der Waals surface area contributed by atoms with Crippen molar-refractivity contribution in [3.05, 3.63) is 0 Å². The summed E-state index contributed by atoms with van der Waals surface area (Å²) in [6.45, 7) is 6.12. The first-order valence-corrected chi connectivity index (χ1v) is 8.71. The molecule has 1 amide bonds. The van der Waals surface area contributed by atoms with E-state index in [4.69, 9.17) is 10.00 Å².